The summed E-state index contributed by atoms with van der Waals surface area (Å²) in [5.74, 6) is 0.599. The minimum absolute atomic E-state index is 0.141. The molecule has 3 aromatic carbocycles. The highest BCUT2D eigenvalue weighted by Crippen LogP contribution is 2.39. The van der Waals surface area contributed by atoms with Crippen LogP contribution in [0.15, 0.2) is 82.5 Å². The molecular weight excluding hydrogens is 480 g/mol. The van der Waals surface area contributed by atoms with Gasteiger partial charge in [-0.15, -0.1) is 0 Å². The summed E-state index contributed by atoms with van der Waals surface area (Å²) in [7, 11) is 0. The zero-order valence-electron chi connectivity index (χ0n) is 21.2. The Hall–Kier alpha value is -3.94. The SMILES string of the molecule is C=CCOc1ccc(C2c3c(oc4c(ccc5ccccc54)c3=O)C(=O)N2CCCN2CCOCC2)cc1. The van der Waals surface area contributed by atoms with Gasteiger partial charge in [-0.05, 0) is 35.6 Å². The molecule has 1 aromatic heterocycles. The maximum absolute atomic E-state index is 14.0. The van der Waals surface area contributed by atoms with Crippen LogP contribution in [-0.4, -0.2) is 61.7 Å². The van der Waals surface area contributed by atoms with Gasteiger partial charge in [0, 0.05) is 31.6 Å². The standard InChI is InChI=1S/C31H30N2O5/c1-2-18-37-23-11-8-22(9-12-23)27-26-28(34)25-13-10-21-6-3-4-7-24(21)29(25)38-30(26)31(35)33(27)15-5-14-32-16-19-36-20-17-32/h2-4,6-13,27H,1,5,14-20H2. The average molecular weight is 511 g/mol. The van der Waals surface area contributed by atoms with Crippen molar-refractivity contribution in [2.45, 2.75) is 12.5 Å². The first-order valence-corrected chi connectivity index (χ1v) is 13.1. The predicted molar refractivity (Wildman–Crippen MR) is 147 cm³/mol. The Labute approximate surface area is 220 Å². The number of rotatable bonds is 8. The number of amides is 1. The second-order valence-electron chi connectivity index (χ2n) is 9.71. The Balaban J connectivity index is 1.41. The van der Waals surface area contributed by atoms with Gasteiger partial charge in [-0.3, -0.25) is 14.5 Å². The zero-order valence-corrected chi connectivity index (χ0v) is 21.2. The molecule has 0 radical (unpaired) electrons. The minimum atomic E-state index is -0.525. The number of carbonyl (C=O) groups is 1. The molecular formula is C31H30N2O5. The number of nitrogens with zero attached hydrogens (tertiary/aromatic N) is 2. The zero-order chi connectivity index (χ0) is 26.1. The minimum Gasteiger partial charge on any atom is -0.490 e. The molecule has 2 aliphatic rings. The molecule has 0 aliphatic carbocycles. The highest BCUT2D eigenvalue weighted by molar-refractivity contribution is 6.06. The smallest absolute Gasteiger partial charge is 0.290 e. The summed E-state index contributed by atoms with van der Waals surface area (Å²) < 4.78 is 17.4. The van der Waals surface area contributed by atoms with Gasteiger partial charge in [0.2, 0.25) is 5.76 Å². The lowest BCUT2D eigenvalue weighted by atomic mass is 9.97. The van der Waals surface area contributed by atoms with Gasteiger partial charge in [0.05, 0.1) is 30.2 Å². The molecule has 1 amide bonds. The molecule has 0 N–H and O–H groups in total. The van der Waals surface area contributed by atoms with Crippen LogP contribution in [0.1, 0.15) is 34.1 Å². The van der Waals surface area contributed by atoms with Crippen molar-refractivity contribution in [3.8, 4) is 5.75 Å². The first-order valence-electron chi connectivity index (χ1n) is 13.1. The van der Waals surface area contributed by atoms with E-state index in [1.54, 1.807) is 17.0 Å². The van der Waals surface area contributed by atoms with E-state index >= 15 is 0 Å². The maximum Gasteiger partial charge on any atom is 0.290 e. The highest BCUT2D eigenvalue weighted by atomic mass is 16.5. The van der Waals surface area contributed by atoms with Crippen molar-refractivity contribution in [3.63, 3.8) is 0 Å². The second kappa shape index (κ2) is 10.4. The maximum atomic E-state index is 14.0. The molecule has 3 heterocycles. The van der Waals surface area contributed by atoms with Crippen molar-refractivity contribution < 1.29 is 18.7 Å². The summed E-state index contributed by atoms with van der Waals surface area (Å²) in [4.78, 5) is 31.9. The van der Waals surface area contributed by atoms with Crippen molar-refractivity contribution in [2.24, 2.45) is 0 Å². The van der Waals surface area contributed by atoms with Crippen molar-refractivity contribution in [1.82, 2.24) is 9.80 Å². The molecule has 2 aliphatic heterocycles. The van der Waals surface area contributed by atoms with Gasteiger partial charge in [0.15, 0.2) is 5.43 Å². The molecule has 1 fully saturated rings. The Morgan fingerprint density at radius 3 is 2.53 bits per heavy atom. The van der Waals surface area contributed by atoms with Crippen molar-refractivity contribution in [1.29, 1.82) is 0 Å². The number of fused-ring (bicyclic) bond motifs is 4. The van der Waals surface area contributed by atoms with E-state index in [4.69, 9.17) is 13.9 Å². The molecule has 0 spiro atoms. The van der Waals surface area contributed by atoms with Crippen LogP contribution in [0, 0.1) is 0 Å². The van der Waals surface area contributed by atoms with Crippen LogP contribution in [-0.2, 0) is 4.74 Å². The molecule has 0 saturated carbocycles. The number of carbonyl (C=O) groups excluding carboxylic acids is 1. The summed E-state index contributed by atoms with van der Waals surface area (Å²) in [6.07, 6.45) is 2.48. The van der Waals surface area contributed by atoms with Gasteiger partial charge in [-0.25, -0.2) is 0 Å². The van der Waals surface area contributed by atoms with Crippen LogP contribution in [0.2, 0.25) is 0 Å². The van der Waals surface area contributed by atoms with Crippen LogP contribution in [0.5, 0.6) is 5.75 Å². The van der Waals surface area contributed by atoms with Crippen molar-refractivity contribution in [2.75, 3.05) is 46.0 Å². The first-order chi connectivity index (χ1) is 18.7. The number of ether oxygens (including phenoxy) is 2. The molecule has 194 valence electrons. The van der Waals surface area contributed by atoms with E-state index in [1.807, 2.05) is 54.6 Å². The van der Waals surface area contributed by atoms with E-state index in [-0.39, 0.29) is 17.1 Å². The Morgan fingerprint density at radius 2 is 1.74 bits per heavy atom. The molecule has 4 aromatic rings. The van der Waals surface area contributed by atoms with Crippen LogP contribution < -0.4 is 10.2 Å². The topological polar surface area (TPSA) is 72.2 Å². The molecule has 1 saturated heterocycles. The van der Waals surface area contributed by atoms with Gasteiger partial charge in [0.25, 0.3) is 5.91 Å². The molecule has 7 nitrogen and oxygen atoms in total. The molecule has 1 atom stereocenters. The van der Waals surface area contributed by atoms with Crippen molar-refractivity contribution >= 4 is 27.6 Å². The second-order valence-corrected chi connectivity index (χ2v) is 9.71. The van der Waals surface area contributed by atoms with Crippen LogP contribution in [0.3, 0.4) is 0 Å². The van der Waals surface area contributed by atoms with Gasteiger partial charge < -0.3 is 18.8 Å². The van der Waals surface area contributed by atoms with E-state index in [0.717, 1.165) is 55.6 Å². The normalized spacial score (nSPS) is 17.7. The molecule has 38 heavy (non-hydrogen) atoms. The van der Waals surface area contributed by atoms with Gasteiger partial charge in [-0.1, -0.05) is 55.1 Å². The number of benzene rings is 3. The van der Waals surface area contributed by atoms with E-state index in [2.05, 4.69) is 11.5 Å². The lowest BCUT2D eigenvalue weighted by Gasteiger charge is -2.29. The summed E-state index contributed by atoms with van der Waals surface area (Å²) in [5.41, 5.74) is 1.56. The third-order valence-electron chi connectivity index (χ3n) is 7.40. The largest absolute Gasteiger partial charge is 0.490 e. The van der Waals surface area contributed by atoms with Crippen LogP contribution in [0.25, 0.3) is 21.7 Å². The Kier molecular flexibility index (Phi) is 6.70. The third kappa shape index (κ3) is 4.38. The summed E-state index contributed by atoms with van der Waals surface area (Å²) >= 11 is 0. The van der Waals surface area contributed by atoms with Crippen molar-refractivity contribution in [3.05, 3.63) is 100 Å². The van der Waals surface area contributed by atoms with Crippen LogP contribution >= 0.6 is 0 Å². The number of hydrogen-bond acceptors (Lipinski definition) is 6. The quantitative estimate of drug-likeness (QED) is 0.251. The number of morpholine rings is 1. The van der Waals surface area contributed by atoms with E-state index in [1.165, 1.54) is 0 Å². The fraction of sp³-hybridized carbons (Fsp3) is 0.290. The predicted octanol–water partition coefficient (Wildman–Crippen LogP) is 4.78. The average Bonchev–Trinajstić information content (AvgIpc) is 3.24. The molecule has 7 heteroatoms. The Bertz CT molecular complexity index is 1550. The third-order valence-corrected chi connectivity index (χ3v) is 7.40. The van der Waals surface area contributed by atoms with Gasteiger partial charge >= 0.3 is 0 Å². The van der Waals surface area contributed by atoms with E-state index < -0.39 is 6.04 Å². The van der Waals surface area contributed by atoms with Gasteiger partial charge in [-0.2, -0.15) is 0 Å². The monoisotopic (exact) mass is 510 g/mol. The van der Waals surface area contributed by atoms with Gasteiger partial charge in [0.1, 0.15) is 17.9 Å². The van der Waals surface area contributed by atoms with E-state index in [0.29, 0.717) is 35.4 Å². The first kappa shape index (κ1) is 24.4. The lowest BCUT2D eigenvalue weighted by Crippen LogP contribution is -2.38. The fourth-order valence-corrected chi connectivity index (χ4v) is 5.52. The number of hydrogen-bond donors (Lipinski definition) is 0. The summed E-state index contributed by atoms with van der Waals surface area (Å²) in [6.45, 7) is 8.71. The molecule has 1 unspecified atom stereocenters. The molecule has 0 bridgehead atoms. The summed E-state index contributed by atoms with van der Waals surface area (Å²) in [5, 5.41) is 2.27. The van der Waals surface area contributed by atoms with E-state index in [9.17, 15) is 9.59 Å². The highest BCUT2D eigenvalue weighted by Gasteiger charge is 2.42. The van der Waals surface area contributed by atoms with Crippen LogP contribution in [0.4, 0.5) is 0 Å². The summed E-state index contributed by atoms with van der Waals surface area (Å²) in [6, 6.07) is 18.5. The lowest BCUT2D eigenvalue weighted by molar-refractivity contribution is 0.0353. The fourth-order valence-electron chi connectivity index (χ4n) is 5.52. The Morgan fingerprint density at radius 1 is 0.947 bits per heavy atom. The molecule has 6 rings (SSSR count).